The Hall–Kier alpha value is -2.13. The molecule has 0 bridgehead atoms. The fourth-order valence-electron chi connectivity index (χ4n) is 2.13. The number of hydrogen-bond acceptors (Lipinski definition) is 2. The molecule has 3 rings (SSSR count). The van der Waals surface area contributed by atoms with Gasteiger partial charge in [0.15, 0.2) is 0 Å². The minimum absolute atomic E-state index is 0.0741. The maximum Gasteiger partial charge on any atom is 0.0682 e. The number of pyridine rings is 1. The minimum Gasteiger partial charge on any atom is -0.392 e. The lowest BCUT2D eigenvalue weighted by Crippen LogP contribution is -1.99. The van der Waals surface area contributed by atoms with Gasteiger partial charge in [-0.2, -0.15) is 0 Å². The fraction of sp³-hybridized carbons (Fsp3) is 0.133. The van der Waals surface area contributed by atoms with Crippen molar-refractivity contribution < 1.29 is 5.11 Å². The summed E-state index contributed by atoms with van der Waals surface area (Å²) in [6.45, 7) is 0.823. The van der Waals surface area contributed by atoms with Gasteiger partial charge in [-0.1, -0.05) is 18.2 Å². The zero-order valence-electron chi connectivity index (χ0n) is 9.95. The Morgan fingerprint density at radius 1 is 1.11 bits per heavy atom. The Labute approximate surface area is 105 Å². The van der Waals surface area contributed by atoms with E-state index in [1.807, 2.05) is 36.4 Å². The van der Waals surface area contributed by atoms with Gasteiger partial charge in [-0.25, -0.2) is 0 Å². The number of benzene rings is 1. The molecule has 0 aliphatic rings. The first kappa shape index (κ1) is 11.0. The molecule has 0 aliphatic carbocycles. The Balaban J connectivity index is 2.01. The van der Waals surface area contributed by atoms with Crippen molar-refractivity contribution in [3.63, 3.8) is 0 Å². The molecular weight excluding hydrogens is 224 g/mol. The summed E-state index contributed by atoms with van der Waals surface area (Å²) in [5.74, 6) is 0. The molecule has 3 heteroatoms. The molecule has 90 valence electrons. The fourth-order valence-corrected chi connectivity index (χ4v) is 2.13. The standard InChI is InChI=1S/C15H14N2O/c18-11-12-4-5-13-6-8-17(15(13)9-12)10-14-3-1-2-7-16-14/h1-9,18H,10-11H2. The molecule has 0 amide bonds. The monoisotopic (exact) mass is 238 g/mol. The smallest absolute Gasteiger partial charge is 0.0682 e. The molecule has 1 N–H and O–H groups in total. The number of aliphatic hydroxyl groups excluding tert-OH is 1. The van der Waals surface area contributed by atoms with Crippen molar-refractivity contribution in [2.45, 2.75) is 13.2 Å². The molecule has 0 atom stereocenters. The largest absolute Gasteiger partial charge is 0.392 e. The van der Waals surface area contributed by atoms with Crippen LogP contribution in [0.2, 0.25) is 0 Å². The van der Waals surface area contributed by atoms with Crippen LogP contribution >= 0.6 is 0 Å². The van der Waals surface area contributed by atoms with Gasteiger partial charge in [0.25, 0.3) is 0 Å². The van der Waals surface area contributed by atoms with Gasteiger partial charge in [0.05, 0.1) is 18.8 Å². The lowest BCUT2D eigenvalue weighted by molar-refractivity contribution is 0.282. The van der Waals surface area contributed by atoms with Gasteiger partial charge in [-0.3, -0.25) is 4.98 Å². The zero-order chi connectivity index (χ0) is 12.4. The van der Waals surface area contributed by atoms with Crippen LogP contribution in [0.1, 0.15) is 11.3 Å². The van der Waals surface area contributed by atoms with Gasteiger partial charge < -0.3 is 9.67 Å². The van der Waals surface area contributed by atoms with E-state index < -0.39 is 0 Å². The average molecular weight is 238 g/mol. The lowest BCUT2D eigenvalue weighted by atomic mass is 10.2. The van der Waals surface area contributed by atoms with E-state index in [4.69, 9.17) is 0 Å². The Morgan fingerprint density at radius 2 is 2.06 bits per heavy atom. The van der Waals surface area contributed by atoms with Gasteiger partial charge in [0, 0.05) is 17.9 Å². The molecule has 3 aromatic rings. The van der Waals surface area contributed by atoms with E-state index >= 15 is 0 Å². The van der Waals surface area contributed by atoms with Gasteiger partial charge in [0.1, 0.15) is 0 Å². The highest BCUT2D eigenvalue weighted by Gasteiger charge is 2.03. The molecular formula is C15H14N2O. The van der Waals surface area contributed by atoms with Gasteiger partial charge in [0.2, 0.25) is 0 Å². The molecule has 0 unspecified atom stereocenters. The van der Waals surface area contributed by atoms with Crippen LogP contribution in [-0.4, -0.2) is 14.7 Å². The number of aromatic nitrogens is 2. The maximum absolute atomic E-state index is 9.19. The van der Waals surface area contributed by atoms with Crippen molar-refractivity contribution in [2.24, 2.45) is 0 Å². The van der Waals surface area contributed by atoms with Crippen LogP contribution in [-0.2, 0) is 13.2 Å². The van der Waals surface area contributed by atoms with Crippen LogP contribution in [0.4, 0.5) is 0 Å². The van der Waals surface area contributed by atoms with E-state index in [2.05, 4.69) is 21.8 Å². The third-order valence-electron chi connectivity index (χ3n) is 3.08. The summed E-state index contributed by atoms with van der Waals surface area (Å²) in [6.07, 6.45) is 3.86. The second-order valence-corrected chi connectivity index (χ2v) is 4.32. The summed E-state index contributed by atoms with van der Waals surface area (Å²) < 4.78 is 2.15. The summed E-state index contributed by atoms with van der Waals surface area (Å²) in [7, 11) is 0. The topological polar surface area (TPSA) is 38.0 Å². The molecule has 0 saturated carbocycles. The molecule has 2 heterocycles. The Bertz CT molecular complexity index is 659. The number of nitrogens with zero attached hydrogens (tertiary/aromatic N) is 2. The molecule has 18 heavy (non-hydrogen) atoms. The number of fused-ring (bicyclic) bond motifs is 1. The average Bonchev–Trinajstić information content (AvgIpc) is 2.82. The van der Waals surface area contributed by atoms with Gasteiger partial charge in [-0.15, -0.1) is 0 Å². The molecule has 1 aromatic carbocycles. The number of aliphatic hydroxyl groups is 1. The SMILES string of the molecule is OCc1ccc2ccn(Cc3ccccn3)c2c1. The van der Waals surface area contributed by atoms with Crippen LogP contribution in [0.5, 0.6) is 0 Å². The van der Waals surface area contributed by atoms with Gasteiger partial charge >= 0.3 is 0 Å². The van der Waals surface area contributed by atoms with Crippen LogP contribution in [0.3, 0.4) is 0 Å². The molecule has 0 spiro atoms. The molecule has 0 radical (unpaired) electrons. The van der Waals surface area contributed by atoms with Crippen LogP contribution in [0.25, 0.3) is 10.9 Å². The van der Waals surface area contributed by atoms with E-state index in [0.29, 0.717) is 0 Å². The maximum atomic E-state index is 9.19. The van der Waals surface area contributed by atoms with E-state index in [1.54, 1.807) is 6.20 Å². The van der Waals surface area contributed by atoms with E-state index in [0.717, 1.165) is 23.3 Å². The number of rotatable bonds is 3. The zero-order valence-corrected chi connectivity index (χ0v) is 9.95. The minimum atomic E-state index is 0.0741. The first-order valence-electron chi connectivity index (χ1n) is 5.95. The van der Waals surface area contributed by atoms with Crippen molar-refractivity contribution in [1.82, 2.24) is 9.55 Å². The predicted molar refractivity (Wildman–Crippen MR) is 71.2 cm³/mol. The molecule has 0 aliphatic heterocycles. The summed E-state index contributed by atoms with van der Waals surface area (Å²) in [4.78, 5) is 4.33. The summed E-state index contributed by atoms with van der Waals surface area (Å²) in [6, 6.07) is 14.0. The Kier molecular flexibility index (Phi) is 2.82. The summed E-state index contributed by atoms with van der Waals surface area (Å²) in [5, 5.41) is 10.4. The quantitative estimate of drug-likeness (QED) is 0.761. The molecule has 0 saturated heterocycles. The highest BCUT2D eigenvalue weighted by atomic mass is 16.3. The van der Waals surface area contributed by atoms with Crippen molar-refractivity contribution in [3.05, 3.63) is 66.1 Å². The third kappa shape index (κ3) is 2.00. The predicted octanol–water partition coefficient (Wildman–Crippen LogP) is 2.58. The van der Waals surface area contributed by atoms with Crippen molar-refractivity contribution in [1.29, 1.82) is 0 Å². The Morgan fingerprint density at radius 3 is 2.83 bits per heavy atom. The van der Waals surface area contributed by atoms with Crippen LogP contribution in [0, 0.1) is 0 Å². The molecule has 0 fully saturated rings. The van der Waals surface area contributed by atoms with E-state index in [-0.39, 0.29) is 6.61 Å². The summed E-state index contributed by atoms with van der Waals surface area (Å²) in [5.41, 5.74) is 3.10. The first-order chi connectivity index (χ1) is 8.86. The first-order valence-corrected chi connectivity index (χ1v) is 5.95. The second kappa shape index (κ2) is 4.63. The third-order valence-corrected chi connectivity index (χ3v) is 3.08. The lowest BCUT2D eigenvalue weighted by Gasteiger charge is -2.05. The van der Waals surface area contributed by atoms with Crippen LogP contribution < -0.4 is 0 Å². The van der Waals surface area contributed by atoms with Crippen LogP contribution in [0.15, 0.2) is 54.9 Å². The highest BCUT2D eigenvalue weighted by molar-refractivity contribution is 5.80. The normalized spacial score (nSPS) is 10.9. The number of hydrogen-bond donors (Lipinski definition) is 1. The van der Waals surface area contributed by atoms with Crippen molar-refractivity contribution in [2.75, 3.05) is 0 Å². The van der Waals surface area contributed by atoms with Crippen molar-refractivity contribution >= 4 is 10.9 Å². The molecule has 3 nitrogen and oxygen atoms in total. The summed E-state index contributed by atoms with van der Waals surface area (Å²) >= 11 is 0. The van der Waals surface area contributed by atoms with Gasteiger partial charge in [-0.05, 0) is 35.2 Å². The molecule has 2 aromatic heterocycles. The second-order valence-electron chi connectivity index (χ2n) is 4.32. The van der Waals surface area contributed by atoms with Crippen molar-refractivity contribution in [3.8, 4) is 0 Å². The highest BCUT2D eigenvalue weighted by Crippen LogP contribution is 2.18. The van der Waals surface area contributed by atoms with E-state index in [1.165, 1.54) is 5.39 Å². The van der Waals surface area contributed by atoms with E-state index in [9.17, 15) is 5.11 Å².